The Hall–Kier alpha value is -1.02. The van der Waals surface area contributed by atoms with Crippen LogP contribution in [-0.2, 0) is 0 Å². The Morgan fingerprint density at radius 1 is 1.17 bits per heavy atom. The van der Waals surface area contributed by atoms with Crippen LogP contribution in [0.25, 0.3) is 0 Å². The molecule has 1 N–H and O–H groups in total. The zero-order valence-electron chi connectivity index (χ0n) is 12.6. The van der Waals surface area contributed by atoms with Crippen molar-refractivity contribution in [3.8, 4) is 0 Å². The molecule has 0 aliphatic heterocycles. The van der Waals surface area contributed by atoms with E-state index in [1.54, 1.807) is 0 Å². The summed E-state index contributed by atoms with van der Waals surface area (Å²) in [5, 5.41) is 3.52. The van der Waals surface area contributed by atoms with Crippen molar-refractivity contribution < 1.29 is 0 Å². The predicted octanol–water partition coefficient (Wildman–Crippen LogP) is 3.46. The second kappa shape index (κ2) is 6.79. The highest BCUT2D eigenvalue weighted by Gasteiger charge is 2.08. The molecule has 1 aromatic rings. The fourth-order valence-electron chi connectivity index (χ4n) is 1.83. The van der Waals surface area contributed by atoms with Gasteiger partial charge in [0.1, 0.15) is 0 Å². The SMILES string of the molecule is Cc1cccc(N(C)CCNCCC(C)(C)C)c1. The number of hydrogen-bond donors (Lipinski definition) is 1. The molecule has 0 bridgehead atoms. The first-order valence-electron chi connectivity index (χ1n) is 6.87. The van der Waals surface area contributed by atoms with Gasteiger partial charge < -0.3 is 10.2 Å². The number of aryl methyl sites for hydroxylation is 1. The van der Waals surface area contributed by atoms with Gasteiger partial charge in [-0.3, -0.25) is 0 Å². The molecule has 1 rings (SSSR count). The first kappa shape index (κ1) is 15.0. The Labute approximate surface area is 112 Å². The third-order valence-corrected chi connectivity index (χ3v) is 3.12. The van der Waals surface area contributed by atoms with E-state index in [4.69, 9.17) is 0 Å². The van der Waals surface area contributed by atoms with Gasteiger partial charge in [-0.1, -0.05) is 32.9 Å². The van der Waals surface area contributed by atoms with E-state index >= 15 is 0 Å². The predicted molar refractivity (Wildman–Crippen MR) is 81.4 cm³/mol. The lowest BCUT2D eigenvalue weighted by atomic mass is 9.92. The molecule has 0 saturated heterocycles. The molecule has 0 spiro atoms. The average molecular weight is 248 g/mol. The Kier molecular flexibility index (Phi) is 5.67. The highest BCUT2D eigenvalue weighted by Crippen LogP contribution is 2.17. The van der Waals surface area contributed by atoms with Gasteiger partial charge in [0.05, 0.1) is 0 Å². The molecule has 0 aliphatic carbocycles. The Bertz CT molecular complexity index is 352. The van der Waals surface area contributed by atoms with E-state index in [0.717, 1.165) is 19.6 Å². The van der Waals surface area contributed by atoms with Gasteiger partial charge in [-0.25, -0.2) is 0 Å². The van der Waals surface area contributed by atoms with E-state index in [9.17, 15) is 0 Å². The van der Waals surface area contributed by atoms with Crippen LogP contribution in [-0.4, -0.2) is 26.7 Å². The summed E-state index contributed by atoms with van der Waals surface area (Å²) < 4.78 is 0. The van der Waals surface area contributed by atoms with Gasteiger partial charge in [-0.15, -0.1) is 0 Å². The lowest BCUT2D eigenvalue weighted by molar-refractivity contribution is 0.368. The Morgan fingerprint density at radius 2 is 1.89 bits per heavy atom. The first-order valence-corrected chi connectivity index (χ1v) is 6.87. The van der Waals surface area contributed by atoms with Gasteiger partial charge >= 0.3 is 0 Å². The summed E-state index contributed by atoms with van der Waals surface area (Å²) in [4.78, 5) is 2.30. The highest BCUT2D eigenvalue weighted by atomic mass is 15.1. The maximum Gasteiger partial charge on any atom is 0.0366 e. The van der Waals surface area contributed by atoms with Crippen LogP contribution in [0, 0.1) is 12.3 Å². The molecular weight excluding hydrogens is 220 g/mol. The summed E-state index contributed by atoms with van der Waals surface area (Å²) in [6.45, 7) is 12.2. The summed E-state index contributed by atoms with van der Waals surface area (Å²) in [7, 11) is 2.15. The van der Waals surface area contributed by atoms with Gasteiger partial charge in [0.25, 0.3) is 0 Å². The topological polar surface area (TPSA) is 15.3 Å². The van der Waals surface area contributed by atoms with Crippen molar-refractivity contribution in [2.75, 3.05) is 31.6 Å². The molecule has 0 saturated carbocycles. The number of anilines is 1. The quantitative estimate of drug-likeness (QED) is 0.776. The van der Waals surface area contributed by atoms with Crippen molar-refractivity contribution in [1.29, 1.82) is 0 Å². The molecule has 0 heterocycles. The van der Waals surface area contributed by atoms with E-state index in [1.165, 1.54) is 17.7 Å². The summed E-state index contributed by atoms with van der Waals surface area (Å²) in [6.07, 6.45) is 1.22. The van der Waals surface area contributed by atoms with Gasteiger partial charge in [-0.2, -0.15) is 0 Å². The van der Waals surface area contributed by atoms with Crippen molar-refractivity contribution in [2.45, 2.75) is 34.1 Å². The van der Waals surface area contributed by atoms with Gasteiger partial charge in [0.15, 0.2) is 0 Å². The average Bonchev–Trinajstić information content (AvgIpc) is 2.26. The molecule has 1 aromatic carbocycles. The van der Waals surface area contributed by atoms with Crippen LogP contribution in [0.5, 0.6) is 0 Å². The van der Waals surface area contributed by atoms with Crippen molar-refractivity contribution in [1.82, 2.24) is 5.32 Å². The number of nitrogens with one attached hydrogen (secondary N) is 1. The first-order chi connectivity index (χ1) is 8.38. The molecule has 0 aliphatic rings. The molecule has 102 valence electrons. The summed E-state index contributed by atoms with van der Waals surface area (Å²) in [6, 6.07) is 8.66. The summed E-state index contributed by atoms with van der Waals surface area (Å²) in [5.41, 5.74) is 3.04. The standard InChI is InChI=1S/C16H28N2/c1-14-7-6-8-15(13-14)18(5)12-11-17-10-9-16(2,3)4/h6-8,13,17H,9-12H2,1-5H3. The van der Waals surface area contributed by atoms with E-state index in [1.807, 2.05) is 0 Å². The molecule has 0 aromatic heterocycles. The fourth-order valence-corrected chi connectivity index (χ4v) is 1.83. The van der Waals surface area contributed by atoms with Gasteiger partial charge in [0, 0.05) is 25.8 Å². The molecule has 0 amide bonds. The fraction of sp³-hybridized carbons (Fsp3) is 0.625. The summed E-state index contributed by atoms with van der Waals surface area (Å²) >= 11 is 0. The Balaban J connectivity index is 2.23. The van der Waals surface area contributed by atoms with Crippen LogP contribution in [0.4, 0.5) is 5.69 Å². The van der Waals surface area contributed by atoms with E-state index in [2.05, 4.69) is 69.2 Å². The third-order valence-electron chi connectivity index (χ3n) is 3.12. The molecule has 0 unspecified atom stereocenters. The minimum Gasteiger partial charge on any atom is -0.373 e. The van der Waals surface area contributed by atoms with Crippen LogP contribution < -0.4 is 10.2 Å². The Morgan fingerprint density at radius 3 is 2.50 bits per heavy atom. The summed E-state index contributed by atoms with van der Waals surface area (Å²) in [5.74, 6) is 0. The zero-order valence-corrected chi connectivity index (χ0v) is 12.6. The third kappa shape index (κ3) is 6.06. The minimum absolute atomic E-state index is 0.426. The van der Waals surface area contributed by atoms with Crippen molar-refractivity contribution in [3.05, 3.63) is 29.8 Å². The maximum atomic E-state index is 3.52. The van der Waals surface area contributed by atoms with Crippen molar-refractivity contribution in [2.24, 2.45) is 5.41 Å². The molecule has 2 nitrogen and oxygen atoms in total. The van der Waals surface area contributed by atoms with E-state index < -0.39 is 0 Å². The van der Waals surface area contributed by atoms with Crippen LogP contribution in [0.15, 0.2) is 24.3 Å². The number of benzene rings is 1. The molecule has 0 fully saturated rings. The molecule has 0 atom stereocenters. The highest BCUT2D eigenvalue weighted by molar-refractivity contribution is 5.47. The van der Waals surface area contributed by atoms with Crippen LogP contribution in [0.3, 0.4) is 0 Å². The second-order valence-electron chi connectivity index (χ2n) is 6.32. The van der Waals surface area contributed by atoms with Gasteiger partial charge in [0.2, 0.25) is 0 Å². The monoisotopic (exact) mass is 248 g/mol. The largest absolute Gasteiger partial charge is 0.373 e. The lowest BCUT2D eigenvalue weighted by Crippen LogP contribution is -2.30. The van der Waals surface area contributed by atoms with Crippen molar-refractivity contribution >= 4 is 5.69 Å². The lowest BCUT2D eigenvalue weighted by Gasteiger charge is -2.21. The number of rotatable bonds is 6. The number of hydrogen-bond acceptors (Lipinski definition) is 2. The molecule has 18 heavy (non-hydrogen) atoms. The van der Waals surface area contributed by atoms with E-state index in [-0.39, 0.29) is 0 Å². The van der Waals surface area contributed by atoms with Crippen LogP contribution in [0.1, 0.15) is 32.8 Å². The second-order valence-corrected chi connectivity index (χ2v) is 6.32. The van der Waals surface area contributed by atoms with Crippen LogP contribution in [0.2, 0.25) is 0 Å². The van der Waals surface area contributed by atoms with E-state index in [0.29, 0.717) is 5.41 Å². The van der Waals surface area contributed by atoms with Crippen LogP contribution >= 0.6 is 0 Å². The smallest absolute Gasteiger partial charge is 0.0366 e. The number of likely N-dealkylation sites (N-methyl/N-ethyl adjacent to an activating group) is 1. The van der Waals surface area contributed by atoms with Crippen molar-refractivity contribution in [3.63, 3.8) is 0 Å². The molecular formula is C16H28N2. The normalized spacial score (nSPS) is 11.6. The molecule has 2 heteroatoms. The minimum atomic E-state index is 0.426. The zero-order chi connectivity index (χ0) is 13.6. The van der Waals surface area contributed by atoms with Gasteiger partial charge in [-0.05, 0) is 43.0 Å². The molecule has 0 radical (unpaired) electrons. The maximum absolute atomic E-state index is 3.52. The number of nitrogens with zero attached hydrogens (tertiary/aromatic N) is 1.